The highest BCUT2D eigenvalue weighted by Crippen LogP contribution is 2.42. The van der Waals surface area contributed by atoms with Gasteiger partial charge in [-0.15, -0.1) is 0 Å². The fourth-order valence-electron chi connectivity index (χ4n) is 3.03. The van der Waals surface area contributed by atoms with Crippen LogP contribution in [0.2, 0.25) is 10.0 Å². The van der Waals surface area contributed by atoms with E-state index in [4.69, 9.17) is 37.4 Å². The second kappa shape index (κ2) is 8.23. The van der Waals surface area contributed by atoms with E-state index in [9.17, 15) is 0 Å². The van der Waals surface area contributed by atoms with E-state index in [1.54, 1.807) is 26.4 Å². The van der Waals surface area contributed by atoms with E-state index in [0.29, 0.717) is 39.7 Å². The van der Waals surface area contributed by atoms with Crippen molar-refractivity contribution in [3.8, 4) is 28.6 Å². The number of methoxy groups -OCH3 is 2. The summed E-state index contributed by atoms with van der Waals surface area (Å²) in [6.07, 6.45) is 0. The predicted molar refractivity (Wildman–Crippen MR) is 115 cm³/mol. The second-order valence-electron chi connectivity index (χ2n) is 6.35. The summed E-state index contributed by atoms with van der Waals surface area (Å²) in [5.74, 6) is 2.27. The average Bonchev–Trinajstić information content (AvgIpc) is 3.15. The van der Waals surface area contributed by atoms with Gasteiger partial charge in [-0.05, 0) is 29.8 Å². The van der Waals surface area contributed by atoms with Gasteiger partial charge in [0.2, 0.25) is 5.75 Å². The van der Waals surface area contributed by atoms with Gasteiger partial charge in [0.25, 0.3) is 0 Å². The molecule has 1 heterocycles. The average molecular weight is 429 g/mol. The lowest BCUT2D eigenvalue weighted by Gasteiger charge is -2.15. The summed E-state index contributed by atoms with van der Waals surface area (Å²) in [6, 6.07) is 17.1. The minimum absolute atomic E-state index is 0.397. The van der Waals surface area contributed by atoms with E-state index in [-0.39, 0.29) is 0 Å². The predicted octanol–water partition coefficient (Wildman–Crippen LogP) is 6.13. The summed E-state index contributed by atoms with van der Waals surface area (Å²) in [5.41, 5.74) is 3.34. The van der Waals surface area contributed by atoms with Gasteiger partial charge in [-0.3, -0.25) is 0 Å². The molecule has 148 valence electrons. The van der Waals surface area contributed by atoms with E-state index >= 15 is 0 Å². The highest BCUT2D eigenvalue weighted by molar-refractivity contribution is 6.42. The van der Waals surface area contributed by atoms with Crippen LogP contribution in [-0.2, 0) is 6.61 Å². The number of halogens is 2. The van der Waals surface area contributed by atoms with Gasteiger partial charge in [0.15, 0.2) is 11.5 Å². The lowest BCUT2D eigenvalue weighted by atomic mass is 10.1. The number of hydrogen-bond acceptors (Lipinski definition) is 4. The monoisotopic (exact) mass is 428 g/mol. The van der Waals surface area contributed by atoms with E-state index in [1.807, 2.05) is 42.5 Å². The molecule has 0 spiro atoms. The maximum Gasteiger partial charge on any atom is 0.203 e. The molecule has 0 unspecified atom stereocenters. The van der Waals surface area contributed by atoms with Crippen LogP contribution in [0.15, 0.2) is 54.6 Å². The van der Waals surface area contributed by atoms with Crippen molar-refractivity contribution in [2.24, 2.45) is 0 Å². The van der Waals surface area contributed by atoms with Gasteiger partial charge in [-0.1, -0.05) is 53.5 Å². The Kier molecular flexibility index (Phi) is 5.51. The van der Waals surface area contributed by atoms with Crippen LogP contribution in [0.5, 0.6) is 17.2 Å². The van der Waals surface area contributed by atoms with Gasteiger partial charge < -0.3 is 19.2 Å². The summed E-state index contributed by atoms with van der Waals surface area (Å²) in [7, 11) is 3.18. The molecule has 1 N–H and O–H groups in total. The third-order valence-electron chi connectivity index (χ3n) is 4.48. The number of fused-ring (bicyclic) bond motifs is 1. The zero-order valence-electron chi connectivity index (χ0n) is 15.8. The first-order chi connectivity index (χ1) is 14.1. The van der Waals surface area contributed by atoms with Crippen LogP contribution in [-0.4, -0.2) is 24.2 Å². The summed E-state index contributed by atoms with van der Waals surface area (Å²) in [5, 5.41) is 0.922. The molecule has 0 atom stereocenters. The normalized spacial score (nSPS) is 10.9. The first-order valence-corrected chi connectivity index (χ1v) is 9.62. The van der Waals surface area contributed by atoms with Crippen LogP contribution >= 0.6 is 23.2 Å². The third-order valence-corrected chi connectivity index (χ3v) is 5.21. The number of nitrogens with zero attached hydrogens (tertiary/aromatic N) is 1. The first kappa shape index (κ1) is 19.4. The largest absolute Gasteiger partial charge is 0.493 e. The molecule has 0 amide bonds. The quantitative estimate of drug-likeness (QED) is 0.401. The van der Waals surface area contributed by atoms with Gasteiger partial charge in [0, 0.05) is 5.56 Å². The van der Waals surface area contributed by atoms with Crippen molar-refractivity contribution in [1.82, 2.24) is 9.97 Å². The lowest BCUT2D eigenvalue weighted by molar-refractivity contribution is 0.266. The summed E-state index contributed by atoms with van der Waals surface area (Å²) in [4.78, 5) is 7.86. The van der Waals surface area contributed by atoms with Gasteiger partial charge in [0.05, 0.1) is 35.3 Å². The Balaban J connectivity index is 1.72. The molecule has 0 bridgehead atoms. The van der Waals surface area contributed by atoms with Crippen molar-refractivity contribution >= 4 is 34.2 Å². The van der Waals surface area contributed by atoms with E-state index in [1.165, 1.54) is 0 Å². The molecule has 0 aliphatic heterocycles. The number of benzene rings is 3. The molecule has 4 aromatic rings. The number of ether oxygens (including phenoxy) is 3. The first-order valence-electron chi connectivity index (χ1n) is 8.87. The maximum absolute atomic E-state index is 6.11. The molecule has 0 aliphatic rings. The molecule has 4 rings (SSSR count). The van der Waals surface area contributed by atoms with E-state index in [0.717, 1.165) is 22.2 Å². The summed E-state index contributed by atoms with van der Waals surface area (Å²) >= 11 is 12.2. The fourth-order valence-corrected chi connectivity index (χ4v) is 3.35. The molecule has 1 aromatic heterocycles. The van der Waals surface area contributed by atoms with Crippen LogP contribution in [0.25, 0.3) is 22.4 Å². The van der Waals surface area contributed by atoms with E-state index < -0.39 is 0 Å². The van der Waals surface area contributed by atoms with E-state index in [2.05, 4.69) is 9.97 Å². The van der Waals surface area contributed by atoms with Crippen molar-refractivity contribution in [2.45, 2.75) is 6.61 Å². The van der Waals surface area contributed by atoms with Crippen molar-refractivity contribution in [2.75, 3.05) is 14.2 Å². The number of hydrogen-bond donors (Lipinski definition) is 1. The Labute approximate surface area is 178 Å². The van der Waals surface area contributed by atoms with Gasteiger partial charge in [-0.25, -0.2) is 4.98 Å². The molecule has 5 nitrogen and oxygen atoms in total. The minimum Gasteiger partial charge on any atom is -0.493 e. The SMILES string of the molecule is COc1cc(-c2nc3cc(Cl)c(Cl)cc3[nH]2)cc(OC)c1OCc1ccccc1. The van der Waals surface area contributed by atoms with Gasteiger partial charge in [-0.2, -0.15) is 0 Å². The second-order valence-corrected chi connectivity index (χ2v) is 7.17. The zero-order chi connectivity index (χ0) is 20.4. The molecule has 29 heavy (non-hydrogen) atoms. The van der Waals surface area contributed by atoms with Crippen molar-refractivity contribution in [1.29, 1.82) is 0 Å². The highest BCUT2D eigenvalue weighted by atomic mass is 35.5. The standard InChI is InChI=1S/C22H18Cl2N2O3/c1-27-19-8-14(22-25-17-10-15(23)16(24)11-18(17)26-22)9-20(28-2)21(19)29-12-13-6-4-3-5-7-13/h3-11H,12H2,1-2H3,(H,25,26). The molecule has 0 fully saturated rings. The number of nitrogens with one attached hydrogen (secondary N) is 1. The molecular weight excluding hydrogens is 411 g/mol. The topological polar surface area (TPSA) is 56.4 Å². The number of aromatic amines is 1. The smallest absolute Gasteiger partial charge is 0.203 e. The Morgan fingerprint density at radius 2 is 1.55 bits per heavy atom. The Bertz CT molecular complexity index is 1100. The Morgan fingerprint density at radius 3 is 2.21 bits per heavy atom. The molecular formula is C22H18Cl2N2O3. The van der Waals surface area contributed by atoms with Crippen molar-refractivity contribution in [3.63, 3.8) is 0 Å². The number of aromatic nitrogens is 2. The third kappa shape index (κ3) is 3.97. The van der Waals surface area contributed by atoms with Crippen LogP contribution < -0.4 is 14.2 Å². The molecule has 7 heteroatoms. The molecule has 3 aromatic carbocycles. The van der Waals surface area contributed by atoms with Crippen molar-refractivity contribution in [3.05, 3.63) is 70.2 Å². The minimum atomic E-state index is 0.397. The number of rotatable bonds is 6. The lowest BCUT2D eigenvalue weighted by Crippen LogP contribution is -2.00. The zero-order valence-corrected chi connectivity index (χ0v) is 17.3. The summed E-state index contributed by atoms with van der Waals surface area (Å²) < 4.78 is 17.1. The van der Waals surface area contributed by atoms with Crippen LogP contribution in [0.1, 0.15) is 5.56 Å². The molecule has 0 radical (unpaired) electrons. The van der Waals surface area contributed by atoms with Crippen LogP contribution in [0.4, 0.5) is 0 Å². The Morgan fingerprint density at radius 1 is 0.897 bits per heavy atom. The van der Waals surface area contributed by atoms with Crippen LogP contribution in [0.3, 0.4) is 0 Å². The molecule has 0 aliphatic carbocycles. The van der Waals surface area contributed by atoms with Gasteiger partial charge in [0.1, 0.15) is 12.4 Å². The Hall–Kier alpha value is -2.89. The fraction of sp³-hybridized carbons (Fsp3) is 0.136. The molecule has 0 saturated heterocycles. The maximum atomic E-state index is 6.11. The number of imidazole rings is 1. The number of H-pyrrole nitrogens is 1. The highest BCUT2D eigenvalue weighted by Gasteiger charge is 2.17. The molecule has 0 saturated carbocycles. The van der Waals surface area contributed by atoms with Crippen LogP contribution in [0, 0.1) is 0 Å². The summed E-state index contributed by atoms with van der Waals surface area (Å²) in [6.45, 7) is 0.397. The van der Waals surface area contributed by atoms with Gasteiger partial charge >= 0.3 is 0 Å². The van der Waals surface area contributed by atoms with Crippen molar-refractivity contribution < 1.29 is 14.2 Å².